The average Bonchev–Trinajstić information content (AvgIpc) is 3.12. The lowest BCUT2D eigenvalue weighted by atomic mass is 10.2. The number of piperazine rings is 1. The van der Waals surface area contributed by atoms with E-state index in [4.69, 9.17) is 0 Å². The van der Waals surface area contributed by atoms with Crippen molar-refractivity contribution in [2.75, 3.05) is 26.2 Å². The van der Waals surface area contributed by atoms with E-state index in [1.54, 1.807) is 9.80 Å². The molecule has 3 aromatic rings. The number of halogens is 1. The number of thiazole rings is 1. The molecule has 2 amide bonds. The molecule has 2 aromatic carbocycles. The number of para-hydroxylation sites is 1. The minimum Gasteiger partial charge on any atom is -0.335 e. The van der Waals surface area contributed by atoms with Crippen molar-refractivity contribution in [3.05, 3.63) is 64.9 Å². The molecule has 0 unspecified atom stereocenters. The van der Waals surface area contributed by atoms with Gasteiger partial charge in [-0.1, -0.05) is 12.1 Å². The molecule has 1 aliphatic rings. The number of aromatic nitrogens is 1. The molecule has 1 aromatic heterocycles. The fraction of sp³-hybridized carbons (Fsp3) is 0.211. The van der Waals surface area contributed by atoms with Gasteiger partial charge in [0.25, 0.3) is 11.8 Å². The van der Waals surface area contributed by atoms with Crippen LogP contribution in [0.2, 0.25) is 0 Å². The van der Waals surface area contributed by atoms with Gasteiger partial charge >= 0.3 is 0 Å². The van der Waals surface area contributed by atoms with Crippen LogP contribution in [0.1, 0.15) is 20.2 Å². The Morgan fingerprint density at radius 2 is 1.50 bits per heavy atom. The van der Waals surface area contributed by atoms with Gasteiger partial charge in [0.05, 0.1) is 10.2 Å². The van der Waals surface area contributed by atoms with E-state index in [0.29, 0.717) is 36.8 Å². The molecular weight excluding hydrogens is 353 g/mol. The van der Waals surface area contributed by atoms with E-state index in [0.717, 1.165) is 10.2 Å². The Morgan fingerprint density at radius 3 is 2.15 bits per heavy atom. The zero-order valence-corrected chi connectivity index (χ0v) is 14.7. The predicted octanol–water partition coefficient (Wildman–Crippen LogP) is 3.03. The summed E-state index contributed by atoms with van der Waals surface area (Å²) < 4.78 is 14.0. The van der Waals surface area contributed by atoms with Crippen molar-refractivity contribution in [3.8, 4) is 0 Å². The molecule has 0 saturated carbocycles. The van der Waals surface area contributed by atoms with Crippen LogP contribution < -0.4 is 0 Å². The molecule has 0 N–H and O–H groups in total. The van der Waals surface area contributed by atoms with Gasteiger partial charge in [-0.05, 0) is 36.4 Å². The first kappa shape index (κ1) is 16.7. The highest BCUT2D eigenvalue weighted by molar-refractivity contribution is 7.20. The number of carbonyl (C=O) groups is 2. The molecular formula is C19H16FN3O2S. The van der Waals surface area contributed by atoms with Crippen LogP contribution in [-0.2, 0) is 0 Å². The Labute approximate surface area is 153 Å². The van der Waals surface area contributed by atoms with Gasteiger partial charge in [-0.3, -0.25) is 9.59 Å². The quantitative estimate of drug-likeness (QED) is 0.698. The summed E-state index contributed by atoms with van der Waals surface area (Å²) in [6.07, 6.45) is 0. The molecule has 1 aliphatic heterocycles. The molecule has 4 rings (SSSR count). The van der Waals surface area contributed by atoms with Crippen LogP contribution in [0.25, 0.3) is 10.2 Å². The normalized spacial score (nSPS) is 14.7. The summed E-state index contributed by atoms with van der Waals surface area (Å²) in [5.74, 6) is -0.607. The maximum Gasteiger partial charge on any atom is 0.282 e. The SMILES string of the molecule is O=C(c1ccc(F)cc1)N1CCN(C(=O)c2nc3ccccc3s2)CC1. The third-order valence-corrected chi connectivity index (χ3v) is 5.45. The lowest BCUT2D eigenvalue weighted by Crippen LogP contribution is -2.50. The van der Waals surface area contributed by atoms with Crippen molar-refractivity contribution < 1.29 is 14.0 Å². The summed E-state index contributed by atoms with van der Waals surface area (Å²) in [5, 5.41) is 0.476. The van der Waals surface area contributed by atoms with Crippen LogP contribution in [-0.4, -0.2) is 52.8 Å². The number of benzene rings is 2. The molecule has 1 saturated heterocycles. The molecule has 0 bridgehead atoms. The summed E-state index contributed by atoms with van der Waals surface area (Å²) in [6, 6.07) is 13.2. The van der Waals surface area contributed by atoms with Crippen molar-refractivity contribution in [2.45, 2.75) is 0 Å². The maximum atomic E-state index is 13.0. The Hall–Kier alpha value is -2.80. The first-order valence-electron chi connectivity index (χ1n) is 8.31. The minimum absolute atomic E-state index is 0.0971. The van der Waals surface area contributed by atoms with Gasteiger partial charge in [0.2, 0.25) is 0 Å². The molecule has 1 fully saturated rings. The van der Waals surface area contributed by atoms with Gasteiger partial charge in [-0.2, -0.15) is 0 Å². The smallest absolute Gasteiger partial charge is 0.282 e. The van der Waals surface area contributed by atoms with E-state index >= 15 is 0 Å². The van der Waals surface area contributed by atoms with Gasteiger partial charge in [0, 0.05) is 31.7 Å². The molecule has 0 spiro atoms. The highest BCUT2D eigenvalue weighted by Crippen LogP contribution is 2.23. The third-order valence-electron chi connectivity index (χ3n) is 4.42. The first-order chi connectivity index (χ1) is 12.6. The summed E-state index contributed by atoms with van der Waals surface area (Å²) >= 11 is 1.39. The Kier molecular flexibility index (Phi) is 4.38. The fourth-order valence-electron chi connectivity index (χ4n) is 2.99. The minimum atomic E-state index is -0.368. The lowest BCUT2D eigenvalue weighted by molar-refractivity contribution is 0.0535. The fourth-order valence-corrected chi connectivity index (χ4v) is 3.92. The van der Waals surface area contributed by atoms with Crippen LogP contribution in [0, 0.1) is 5.82 Å². The average molecular weight is 369 g/mol. The van der Waals surface area contributed by atoms with Crippen LogP contribution >= 0.6 is 11.3 Å². The number of nitrogens with zero attached hydrogens (tertiary/aromatic N) is 3. The number of carbonyl (C=O) groups excluding carboxylic acids is 2. The highest BCUT2D eigenvalue weighted by Gasteiger charge is 2.27. The monoisotopic (exact) mass is 369 g/mol. The number of hydrogen-bond donors (Lipinski definition) is 0. The molecule has 26 heavy (non-hydrogen) atoms. The summed E-state index contributed by atoms with van der Waals surface area (Å²) in [5.41, 5.74) is 1.28. The van der Waals surface area contributed by atoms with E-state index in [1.807, 2.05) is 24.3 Å². The topological polar surface area (TPSA) is 53.5 Å². The summed E-state index contributed by atoms with van der Waals surface area (Å²) in [6.45, 7) is 1.82. The number of hydrogen-bond acceptors (Lipinski definition) is 4. The maximum absolute atomic E-state index is 13.0. The van der Waals surface area contributed by atoms with Crippen molar-refractivity contribution in [1.82, 2.24) is 14.8 Å². The molecule has 132 valence electrons. The van der Waals surface area contributed by atoms with Crippen molar-refractivity contribution >= 4 is 33.4 Å². The molecule has 0 aliphatic carbocycles. The molecule has 2 heterocycles. The second-order valence-electron chi connectivity index (χ2n) is 6.08. The lowest BCUT2D eigenvalue weighted by Gasteiger charge is -2.34. The van der Waals surface area contributed by atoms with Gasteiger partial charge < -0.3 is 9.80 Å². The third kappa shape index (κ3) is 3.17. The second-order valence-corrected chi connectivity index (χ2v) is 7.11. The zero-order chi connectivity index (χ0) is 18.1. The highest BCUT2D eigenvalue weighted by atomic mass is 32.1. The second kappa shape index (κ2) is 6.84. The molecule has 7 heteroatoms. The summed E-state index contributed by atoms with van der Waals surface area (Å²) in [4.78, 5) is 33.0. The van der Waals surface area contributed by atoms with E-state index < -0.39 is 0 Å². The Balaban J connectivity index is 1.42. The van der Waals surface area contributed by atoms with Crippen LogP contribution in [0.5, 0.6) is 0 Å². The number of rotatable bonds is 2. The first-order valence-corrected chi connectivity index (χ1v) is 9.13. The van der Waals surface area contributed by atoms with E-state index in [-0.39, 0.29) is 17.6 Å². The van der Waals surface area contributed by atoms with Crippen molar-refractivity contribution in [2.24, 2.45) is 0 Å². The standard InChI is InChI=1S/C19H16FN3O2S/c20-14-7-5-13(6-8-14)18(24)22-9-11-23(12-10-22)19(25)17-21-15-3-1-2-4-16(15)26-17/h1-8H,9-12H2. The van der Waals surface area contributed by atoms with Gasteiger partial charge in [0.1, 0.15) is 5.82 Å². The molecule has 0 atom stereocenters. The van der Waals surface area contributed by atoms with Crippen LogP contribution in [0.15, 0.2) is 48.5 Å². The summed E-state index contributed by atoms with van der Waals surface area (Å²) in [7, 11) is 0. The van der Waals surface area contributed by atoms with Crippen molar-refractivity contribution in [1.29, 1.82) is 0 Å². The van der Waals surface area contributed by atoms with E-state index in [1.165, 1.54) is 35.6 Å². The zero-order valence-electron chi connectivity index (χ0n) is 13.9. The van der Waals surface area contributed by atoms with E-state index in [2.05, 4.69) is 4.98 Å². The van der Waals surface area contributed by atoms with Gasteiger partial charge in [-0.25, -0.2) is 9.37 Å². The van der Waals surface area contributed by atoms with E-state index in [9.17, 15) is 14.0 Å². The van der Waals surface area contributed by atoms with Gasteiger partial charge in [-0.15, -0.1) is 11.3 Å². The van der Waals surface area contributed by atoms with Gasteiger partial charge in [0.15, 0.2) is 5.01 Å². The van der Waals surface area contributed by atoms with Crippen molar-refractivity contribution in [3.63, 3.8) is 0 Å². The van der Waals surface area contributed by atoms with Crippen LogP contribution in [0.3, 0.4) is 0 Å². The molecule has 0 radical (unpaired) electrons. The molecule has 5 nitrogen and oxygen atoms in total. The number of amides is 2. The largest absolute Gasteiger partial charge is 0.335 e. The predicted molar refractivity (Wildman–Crippen MR) is 97.8 cm³/mol. The Bertz CT molecular complexity index is 929. The number of fused-ring (bicyclic) bond motifs is 1. The van der Waals surface area contributed by atoms with Crippen LogP contribution in [0.4, 0.5) is 4.39 Å². The Morgan fingerprint density at radius 1 is 0.885 bits per heavy atom.